The minimum atomic E-state index is -0.739. The van der Waals surface area contributed by atoms with Crippen molar-refractivity contribution in [3.63, 3.8) is 0 Å². The number of rotatable bonds is 6. The number of carbonyl (C=O) groups is 4. The highest BCUT2D eigenvalue weighted by Crippen LogP contribution is 2.35. The van der Waals surface area contributed by atoms with E-state index in [9.17, 15) is 19.2 Å². The number of nitrogens with zero attached hydrogens (tertiary/aromatic N) is 2. The van der Waals surface area contributed by atoms with Crippen molar-refractivity contribution in [2.45, 2.75) is 50.5 Å². The van der Waals surface area contributed by atoms with Gasteiger partial charge < -0.3 is 21.3 Å². The average molecular weight is 416 g/mol. The van der Waals surface area contributed by atoms with Gasteiger partial charge in [-0.15, -0.1) is 12.4 Å². The Morgan fingerprint density at radius 1 is 1.21 bits per heavy atom. The highest BCUT2D eigenvalue weighted by Gasteiger charge is 2.52. The van der Waals surface area contributed by atoms with Gasteiger partial charge in [0.15, 0.2) is 0 Å². The zero-order valence-electron chi connectivity index (χ0n) is 16.1. The minimum absolute atomic E-state index is 0. The number of hydrogen-bond donors (Lipinski definition) is 3. The molecule has 3 rings (SSSR count). The maximum atomic E-state index is 12.6. The van der Waals surface area contributed by atoms with Crippen LogP contribution in [0.2, 0.25) is 0 Å². The number of amides is 5. The van der Waals surface area contributed by atoms with E-state index in [1.807, 2.05) is 0 Å². The molecule has 0 bridgehead atoms. The van der Waals surface area contributed by atoms with Crippen LogP contribution in [-0.2, 0) is 14.4 Å². The first-order valence-corrected chi connectivity index (χ1v) is 9.86. The highest BCUT2D eigenvalue weighted by molar-refractivity contribution is 6.07. The van der Waals surface area contributed by atoms with Gasteiger partial charge in [0.05, 0.1) is 5.92 Å². The molecule has 1 atom stereocenters. The zero-order valence-corrected chi connectivity index (χ0v) is 16.9. The molecule has 0 aromatic heterocycles. The molecule has 158 valence electrons. The van der Waals surface area contributed by atoms with Crippen LogP contribution < -0.4 is 16.4 Å². The van der Waals surface area contributed by atoms with Gasteiger partial charge in [-0.2, -0.15) is 0 Å². The largest absolute Gasteiger partial charge is 0.355 e. The number of nitrogens with two attached hydrogens (primary N) is 1. The van der Waals surface area contributed by atoms with E-state index in [0.717, 1.165) is 25.7 Å². The van der Waals surface area contributed by atoms with Gasteiger partial charge in [0, 0.05) is 39.1 Å². The highest BCUT2D eigenvalue weighted by atomic mass is 35.5. The minimum Gasteiger partial charge on any atom is -0.355 e. The lowest BCUT2D eigenvalue weighted by Gasteiger charge is -2.32. The number of nitrogens with one attached hydrogen (secondary N) is 2. The topological polar surface area (TPSA) is 125 Å². The molecule has 9 nitrogen and oxygen atoms in total. The van der Waals surface area contributed by atoms with Crippen LogP contribution in [0, 0.1) is 5.92 Å². The standard InChI is InChI=1S/C18H29N5O4.ClH/c19-8-9-20-15(25)13-4-3-10-22(12-13)14(24)5-11-23-16(26)18(21-17(23)27)6-1-2-7-18;/h13H,1-12,19H2,(H,20,25)(H,21,27);1H. The summed E-state index contributed by atoms with van der Waals surface area (Å²) >= 11 is 0. The maximum Gasteiger partial charge on any atom is 0.325 e. The molecule has 3 fully saturated rings. The fourth-order valence-corrected chi connectivity index (χ4v) is 4.32. The Labute approximate surface area is 171 Å². The van der Waals surface area contributed by atoms with Crippen LogP contribution in [0.5, 0.6) is 0 Å². The van der Waals surface area contributed by atoms with Gasteiger partial charge in [0.25, 0.3) is 5.91 Å². The molecule has 2 heterocycles. The number of urea groups is 1. The van der Waals surface area contributed by atoms with Crippen molar-refractivity contribution in [1.82, 2.24) is 20.4 Å². The van der Waals surface area contributed by atoms with Crippen molar-refractivity contribution in [3.05, 3.63) is 0 Å². The van der Waals surface area contributed by atoms with Crippen LogP contribution in [0.15, 0.2) is 0 Å². The summed E-state index contributed by atoms with van der Waals surface area (Å²) in [5.41, 5.74) is 4.66. The van der Waals surface area contributed by atoms with E-state index >= 15 is 0 Å². The Morgan fingerprint density at radius 2 is 1.93 bits per heavy atom. The smallest absolute Gasteiger partial charge is 0.325 e. The molecular formula is C18H30ClN5O4. The van der Waals surface area contributed by atoms with E-state index in [-0.39, 0.29) is 49.0 Å². The van der Waals surface area contributed by atoms with Crippen LogP contribution in [-0.4, -0.2) is 71.8 Å². The molecule has 1 aliphatic carbocycles. The first-order chi connectivity index (χ1) is 13.0. The molecule has 10 heteroatoms. The second kappa shape index (κ2) is 9.56. The van der Waals surface area contributed by atoms with E-state index in [2.05, 4.69) is 10.6 Å². The Morgan fingerprint density at radius 3 is 2.61 bits per heavy atom. The Bertz CT molecular complexity index is 623. The van der Waals surface area contributed by atoms with Crippen LogP contribution in [0.1, 0.15) is 44.9 Å². The van der Waals surface area contributed by atoms with Gasteiger partial charge in [0.2, 0.25) is 11.8 Å². The van der Waals surface area contributed by atoms with Gasteiger partial charge in [-0.3, -0.25) is 19.3 Å². The summed E-state index contributed by atoms with van der Waals surface area (Å²) in [6.45, 7) is 1.88. The normalized spacial score (nSPS) is 23.5. The molecule has 5 amide bonds. The molecule has 0 aromatic carbocycles. The number of hydrogen-bond acceptors (Lipinski definition) is 5. The maximum absolute atomic E-state index is 12.6. The molecular weight excluding hydrogens is 386 g/mol. The Balaban J connectivity index is 0.00000280. The second-order valence-corrected chi connectivity index (χ2v) is 7.68. The third-order valence-corrected chi connectivity index (χ3v) is 5.84. The lowest BCUT2D eigenvalue weighted by molar-refractivity contribution is -0.136. The summed E-state index contributed by atoms with van der Waals surface area (Å²) in [7, 11) is 0. The molecule has 1 unspecified atom stereocenters. The zero-order chi connectivity index (χ0) is 19.4. The van der Waals surface area contributed by atoms with Crippen LogP contribution in [0.4, 0.5) is 4.79 Å². The molecule has 1 spiro atoms. The fourth-order valence-electron chi connectivity index (χ4n) is 4.32. The molecule has 4 N–H and O–H groups in total. The first kappa shape index (κ1) is 22.4. The Hall–Kier alpha value is -1.87. The van der Waals surface area contributed by atoms with Crippen molar-refractivity contribution in [2.24, 2.45) is 11.7 Å². The van der Waals surface area contributed by atoms with Crippen LogP contribution >= 0.6 is 12.4 Å². The van der Waals surface area contributed by atoms with Crippen molar-refractivity contribution in [3.8, 4) is 0 Å². The molecule has 0 aromatic rings. The monoisotopic (exact) mass is 415 g/mol. The summed E-state index contributed by atoms with van der Waals surface area (Å²) in [6, 6.07) is -0.396. The van der Waals surface area contributed by atoms with Crippen molar-refractivity contribution >= 4 is 36.2 Å². The summed E-state index contributed by atoms with van der Waals surface area (Å²) in [5, 5.41) is 5.59. The summed E-state index contributed by atoms with van der Waals surface area (Å²) in [4.78, 5) is 52.3. The second-order valence-electron chi connectivity index (χ2n) is 7.68. The lowest BCUT2D eigenvalue weighted by atomic mass is 9.96. The third kappa shape index (κ3) is 4.57. The summed E-state index contributed by atoms with van der Waals surface area (Å²) in [6.07, 6.45) is 4.81. The van der Waals surface area contributed by atoms with Crippen molar-refractivity contribution in [1.29, 1.82) is 0 Å². The first-order valence-electron chi connectivity index (χ1n) is 9.86. The molecule has 3 aliphatic rings. The number of imide groups is 1. The van der Waals surface area contributed by atoms with Crippen molar-refractivity contribution in [2.75, 3.05) is 32.7 Å². The Kier molecular flexibility index (Phi) is 7.65. The van der Waals surface area contributed by atoms with Gasteiger partial charge in [-0.05, 0) is 25.7 Å². The predicted molar refractivity (Wildman–Crippen MR) is 105 cm³/mol. The quantitative estimate of drug-likeness (QED) is 0.525. The van der Waals surface area contributed by atoms with E-state index in [1.165, 1.54) is 4.90 Å². The summed E-state index contributed by atoms with van der Waals surface area (Å²) < 4.78 is 0. The molecule has 2 aliphatic heterocycles. The van der Waals surface area contributed by atoms with Crippen LogP contribution in [0.3, 0.4) is 0 Å². The molecule has 28 heavy (non-hydrogen) atoms. The van der Waals surface area contributed by atoms with E-state index in [0.29, 0.717) is 39.0 Å². The third-order valence-electron chi connectivity index (χ3n) is 5.84. The van der Waals surface area contributed by atoms with Gasteiger partial charge in [-0.1, -0.05) is 12.8 Å². The number of halogens is 1. The van der Waals surface area contributed by atoms with E-state index in [1.54, 1.807) is 4.90 Å². The van der Waals surface area contributed by atoms with Gasteiger partial charge in [0.1, 0.15) is 5.54 Å². The average Bonchev–Trinajstić information content (AvgIpc) is 3.23. The lowest BCUT2D eigenvalue weighted by Crippen LogP contribution is -2.47. The SMILES string of the molecule is Cl.NCCNC(=O)C1CCCN(C(=O)CCN2C(=O)NC3(CCCC3)C2=O)C1. The van der Waals surface area contributed by atoms with Crippen molar-refractivity contribution < 1.29 is 19.2 Å². The summed E-state index contributed by atoms with van der Waals surface area (Å²) in [5.74, 6) is -0.627. The van der Waals surface area contributed by atoms with Crippen LogP contribution in [0.25, 0.3) is 0 Å². The molecule has 0 radical (unpaired) electrons. The number of carbonyl (C=O) groups excluding carboxylic acids is 4. The predicted octanol–water partition coefficient (Wildman–Crippen LogP) is -0.0236. The van der Waals surface area contributed by atoms with E-state index < -0.39 is 11.6 Å². The number of piperidine rings is 1. The molecule has 2 saturated heterocycles. The van der Waals surface area contributed by atoms with Gasteiger partial charge >= 0.3 is 6.03 Å². The van der Waals surface area contributed by atoms with E-state index in [4.69, 9.17) is 5.73 Å². The fraction of sp³-hybridized carbons (Fsp3) is 0.778. The van der Waals surface area contributed by atoms with Gasteiger partial charge in [-0.25, -0.2) is 4.79 Å². The molecule has 1 saturated carbocycles. The number of likely N-dealkylation sites (tertiary alicyclic amines) is 1.